The fourth-order valence-corrected chi connectivity index (χ4v) is 2.42. The molecular weight excluding hydrogens is 228 g/mol. The van der Waals surface area contributed by atoms with Crippen LogP contribution in [-0.4, -0.2) is 4.98 Å². The summed E-state index contributed by atoms with van der Waals surface area (Å²) in [6.07, 6.45) is 0. The topological polar surface area (TPSA) is 24.9 Å². The molecule has 1 atom stereocenters. The maximum absolute atomic E-state index is 4.45. The van der Waals surface area contributed by atoms with E-state index in [1.54, 1.807) is 11.3 Å². The fourth-order valence-electron chi connectivity index (χ4n) is 1.80. The van der Waals surface area contributed by atoms with E-state index in [1.165, 1.54) is 11.1 Å². The Hall–Kier alpha value is -1.19. The number of aryl methyl sites for hydroxylation is 2. The van der Waals surface area contributed by atoms with Gasteiger partial charge in [0.05, 0.1) is 10.7 Å². The standard InChI is InChI=1S/C14H18N2S/c1-10-5-4-6-13(7-10)11(2)15-8-14-9-17-12(3)16-14/h4-7,9,11,15H,8H2,1-3H3. The summed E-state index contributed by atoms with van der Waals surface area (Å²) >= 11 is 1.70. The van der Waals surface area contributed by atoms with Crippen LogP contribution in [-0.2, 0) is 6.54 Å². The number of nitrogens with one attached hydrogen (secondary N) is 1. The van der Waals surface area contributed by atoms with Gasteiger partial charge >= 0.3 is 0 Å². The molecule has 0 spiro atoms. The molecule has 0 aliphatic rings. The third-order valence-electron chi connectivity index (χ3n) is 2.80. The summed E-state index contributed by atoms with van der Waals surface area (Å²) in [5.74, 6) is 0. The van der Waals surface area contributed by atoms with Crippen LogP contribution in [0.3, 0.4) is 0 Å². The van der Waals surface area contributed by atoms with Crippen molar-refractivity contribution < 1.29 is 0 Å². The normalized spacial score (nSPS) is 12.6. The Labute approximate surface area is 107 Å². The summed E-state index contributed by atoms with van der Waals surface area (Å²) < 4.78 is 0. The average molecular weight is 246 g/mol. The SMILES string of the molecule is Cc1cccc(C(C)NCc2csc(C)n2)c1. The van der Waals surface area contributed by atoms with Gasteiger partial charge in [0.15, 0.2) is 0 Å². The van der Waals surface area contributed by atoms with Crippen LogP contribution in [0.4, 0.5) is 0 Å². The molecule has 2 nitrogen and oxygen atoms in total. The van der Waals surface area contributed by atoms with Crippen molar-refractivity contribution in [3.63, 3.8) is 0 Å². The van der Waals surface area contributed by atoms with E-state index in [-0.39, 0.29) is 0 Å². The van der Waals surface area contributed by atoms with Crippen LogP contribution in [0.5, 0.6) is 0 Å². The average Bonchev–Trinajstić information content (AvgIpc) is 2.72. The van der Waals surface area contributed by atoms with Crippen LogP contribution in [0.25, 0.3) is 0 Å². The van der Waals surface area contributed by atoms with E-state index in [0.29, 0.717) is 6.04 Å². The lowest BCUT2D eigenvalue weighted by Gasteiger charge is -2.13. The van der Waals surface area contributed by atoms with E-state index in [2.05, 4.69) is 53.8 Å². The number of thiazole rings is 1. The van der Waals surface area contributed by atoms with Gasteiger partial charge in [0.25, 0.3) is 0 Å². The maximum Gasteiger partial charge on any atom is 0.0897 e. The minimum absolute atomic E-state index is 0.358. The molecule has 0 bridgehead atoms. The van der Waals surface area contributed by atoms with Crippen molar-refractivity contribution in [1.29, 1.82) is 0 Å². The molecule has 2 aromatic rings. The summed E-state index contributed by atoms with van der Waals surface area (Å²) in [6.45, 7) is 7.19. The highest BCUT2D eigenvalue weighted by Crippen LogP contribution is 2.15. The second-order valence-electron chi connectivity index (χ2n) is 4.37. The lowest BCUT2D eigenvalue weighted by Crippen LogP contribution is -2.18. The Morgan fingerprint density at radius 3 is 2.82 bits per heavy atom. The molecule has 1 heterocycles. The van der Waals surface area contributed by atoms with Gasteiger partial charge in [-0.3, -0.25) is 0 Å². The van der Waals surface area contributed by atoms with Crippen molar-refractivity contribution >= 4 is 11.3 Å². The third kappa shape index (κ3) is 3.38. The van der Waals surface area contributed by atoms with Gasteiger partial charge in [-0.15, -0.1) is 11.3 Å². The highest BCUT2D eigenvalue weighted by atomic mass is 32.1. The number of hydrogen-bond donors (Lipinski definition) is 1. The molecule has 1 unspecified atom stereocenters. The van der Waals surface area contributed by atoms with Gasteiger partial charge in [0.2, 0.25) is 0 Å². The minimum atomic E-state index is 0.358. The molecule has 3 heteroatoms. The fraction of sp³-hybridized carbons (Fsp3) is 0.357. The Bertz CT molecular complexity index is 490. The largest absolute Gasteiger partial charge is 0.305 e. The molecule has 17 heavy (non-hydrogen) atoms. The van der Waals surface area contributed by atoms with Gasteiger partial charge in [0.1, 0.15) is 0 Å². The highest BCUT2D eigenvalue weighted by molar-refractivity contribution is 7.09. The van der Waals surface area contributed by atoms with Crippen LogP contribution in [0.1, 0.15) is 34.8 Å². The molecule has 0 radical (unpaired) electrons. The van der Waals surface area contributed by atoms with E-state index in [4.69, 9.17) is 0 Å². The van der Waals surface area contributed by atoms with Crippen LogP contribution < -0.4 is 5.32 Å². The molecule has 1 N–H and O–H groups in total. The van der Waals surface area contributed by atoms with Crippen molar-refractivity contribution in [2.24, 2.45) is 0 Å². The Morgan fingerprint density at radius 1 is 1.35 bits per heavy atom. The molecule has 0 saturated heterocycles. The van der Waals surface area contributed by atoms with Crippen molar-refractivity contribution in [3.05, 3.63) is 51.5 Å². The van der Waals surface area contributed by atoms with E-state index in [9.17, 15) is 0 Å². The van der Waals surface area contributed by atoms with Gasteiger partial charge in [-0.05, 0) is 26.3 Å². The first-order valence-electron chi connectivity index (χ1n) is 5.86. The van der Waals surface area contributed by atoms with Gasteiger partial charge < -0.3 is 5.32 Å². The molecular formula is C14H18N2S. The summed E-state index contributed by atoms with van der Waals surface area (Å²) in [5.41, 5.74) is 3.77. The number of hydrogen-bond acceptors (Lipinski definition) is 3. The number of aromatic nitrogens is 1. The Morgan fingerprint density at radius 2 is 2.18 bits per heavy atom. The molecule has 90 valence electrons. The highest BCUT2D eigenvalue weighted by Gasteiger charge is 2.05. The van der Waals surface area contributed by atoms with E-state index in [0.717, 1.165) is 17.2 Å². The van der Waals surface area contributed by atoms with Crippen LogP contribution in [0, 0.1) is 13.8 Å². The van der Waals surface area contributed by atoms with Crippen LogP contribution in [0.2, 0.25) is 0 Å². The van der Waals surface area contributed by atoms with Gasteiger partial charge in [0, 0.05) is 18.0 Å². The second-order valence-corrected chi connectivity index (χ2v) is 5.44. The molecule has 0 saturated carbocycles. The van der Waals surface area contributed by atoms with Crippen molar-refractivity contribution in [2.75, 3.05) is 0 Å². The van der Waals surface area contributed by atoms with Crippen molar-refractivity contribution in [3.8, 4) is 0 Å². The smallest absolute Gasteiger partial charge is 0.0897 e. The Kier molecular flexibility index (Phi) is 3.92. The van der Waals surface area contributed by atoms with Gasteiger partial charge in [-0.1, -0.05) is 29.8 Å². The molecule has 1 aromatic heterocycles. The molecule has 0 aliphatic heterocycles. The maximum atomic E-state index is 4.45. The second kappa shape index (κ2) is 5.43. The first-order chi connectivity index (χ1) is 8.15. The quantitative estimate of drug-likeness (QED) is 0.891. The molecule has 1 aromatic carbocycles. The minimum Gasteiger partial charge on any atom is -0.305 e. The van der Waals surface area contributed by atoms with E-state index >= 15 is 0 Å². The monoisotopic (exact) mass is 246 g/mol. The predicted octanol–water partition coefficient (Wildman–Crippen LogP) is 3.61. The molecule has 2 rings (SSSR count). The van der Waals surface area contributed by atoms with Crippen molar-refractivity contribution in [1.82, 2.24) is 10.3 Å². The molecule has 0 aliphatic carbocycles. The summed E-state index contributed by atoms with van der Waals surface area (Å²) in [5, 5.41) is 6.75. The predicted molar refractivity (Wildman–Crippen MR) is 73.3 cm³/mol. The summed E-state index contributed by atoms with van der Waals surface area (Å²) in [6, 6.07) is 8.98. The summed E-state index contributed by atoms with van der Waals surface area (Å²) in [4.78, 5) is 4.45. The zero-order chi connectivity index (χ0) is 12.3. The molecule has 0 fully saturated rings. The Balaban J connectivity index is 1.95. The van der Waals surface area contributed by atoms with E-state index in [1.807, 2.05) is 6.92 Å². The third-order valence-corrected chi connectivity index (χ3v) is 3.62. The van der Waals surface area contributed by atoms with Crippen LogP contribution in [0.15, 0.2) is 29.6 Å². The van der Waals surface area contributed by atoms with Gasteiger partial charge in [-0.2, -0.15) is 0 Å². The van der Waals surface area contributed by atoms with Crippen LogP contribution >= 0.6 is 11.3 Å². The number of nitrogens with zero attached hydrogens (tertiary/aromatic N) is 1. The lowest BCUT2D eigenvalue weighted by molar-refractivity contribution is 0.568. The van der Waals surface area contributed by atoms with E-state index < -0.39 is 0 Å². The lowest BCUT2D eigenvalue weighted by atomic mass is 10.1. The summed E-state index contributed by atoms with van der Waals surface area (Å²) in [7, 11) is 0. The first-order valence-corrected chi connectivity index (χ1v) is 6.74. The van der Waals surface area contributed by atoms with Gasteiger partial charge in [-0.25, -0.2) is 4.98 Å². The number of rotatable bonds is 4. The van der Waals surface area contributed by atoms with Crippen molar-refractivity contribution in [2.45, 2.75) is 33.4 Å². The zero-order valence-electron chi connectivity index (χ0n) is 10.5. The molecule has 0 amide bonds. The zero-order valence-corrected chi connectivity index (χ0v) is 11.3. The first kappa shape index (κ1) is 12.3. The number of benzene rings is 1.